The molecule has 1 amide bonds. The number of nitrogens with zero attached hydrogens (tertiary/aromatic N) is 1. The van der Waals surface area contributed by atoms with Gasteiger partial charge in [-0.2, -0.15) is 0 Å². The van der Waals surface area contributed by atoms with Gasteiger partial charge in [-0.25, -0.2) is 4.39 Å². The number of aromatic nitrogens is 1. The zero-order chi connectivity index (χ0) is 20.8. The van der Waals surface area contributed by atoms with Crippen LogP contribution in [0.4, 0.5) is 4.39 Å². The van der Waals surface area contributed by atoms with Crippen molar-refractivity contribution in [2.45, 2.75) is 18.9 Å². The lowest BCUT2D eigenvalue weighted by atomic mass is 9.99. The molecular formula is C25H21FN2O2. The number of aryl methyl sites for hydroxylation is 1. The number of hydrogen-bond donors (Lipinski definition) is 1. The molecule has 1 unspecified atom stereocenters. The molecule has 0 saturated heterocycles. The standard InChI is InChI=1S/C25H21FN2O2/c26-22-9-5-4-8-21(22)23-12-10-20(30-23)11-13-24(29)28-25(18-6-2-1-3-7-18)19-14-16-27-17-15-19/h1-10,12,14-17,25H,11,13H2,(H,28,29). The Morgan fingerprint density at radius 1 is 0.900 bits per heavy atom. The third-order valence-electron chi connectivity index (χ3n) is 4.88. The number of rotatable bonds is 7. The maximum absolute atomic E-state index is 13.9. The van der Waals surface area contributed by atoms with Crippen LogP contribution >= 0.6 is 0 Å². The summed E-state index contributed by atoms with van der Waals surface area (Å²) < 4.78 is 19.7. The van der Waals surface area contributed by atoms with Crippen LogP contribution in [0.1, 0.15) is 29.3 Å². The number of furan rings is 1. The van der Waals surface area contributed by atoms with Crippen LogP contribution in [0.5, 0.6) is 0 Å². The molecule has 0 spiro atoms. The van der Waals surface area contributed by atoms with E-state index in [1.54, 1.807) is 42.7 Å². The second kappa shape index (κ2) is 9.18. The van der Waals surface area contributed by atoms with Crippen LogP contribution in [-0.2, 0) is 11.2 Å². The Morgan fingerprint density at radius 2 is 1.60 bits per heavy atom. The van der Waals surface area contributed by atoms with Gasteiger partial charge in [-0.05, 0) is 47.5 Å². The summed E-state index contributed by atoms with van der Waals surface area (Å²) in [5.74, 6) is 0.676. The van der Waals surface area contributed by atoms with Gasteiger partial charge in [0.25, 0.3) is 0 Å². The lowest BCUT2D eigenvalue weighted by Gasteiger charge is -2.19. The molecule has 150 valence electrons. The molecule has 4 aromatic rings. The molecule has 4 nitrogen and oxygen atoms in total. The summed E-state index contributed by atoms with van der Waals surface area (Å²) >= 11 is 0. The van der Waals surface area contributed by atoms with Gasteiger partial charge >= 0.3 is 0 Å². The van der Waals surface area contributed by atoms with Crippen molar-refractivity contribution in [1.29, 1.82) is 0 Å². The van der Waals surface area contributed by atoms with E-state index in [9.17, 15) is 9.18 Å². The fourth-order valence-electron chi connectivity index (χ4n) is 3.35. The highest BCUT2D eigenvalue weighted by atomic mass is 19.1. The Labute approximate surface area is 174 Å². The van der Waals surface area contributed by atoms with Gasteiger partial charge in [0.2, 0.25) is 5.91 Å². The Morgan fingerprint density at radius 3 is 2.37 bits per heavy atom. The van der Waals surface area contributed by atoms with Crippen molar-refractivity contribution in [2.24, 2.45) is 0 Å². The molecule has 0 radical (unpaired) electrons. The van der Waals surface area contributed by atoms with Gasteiger partial charge in [0.1, 0.15) is 17.3 Å². The number of halogens is 1. The topological polar surface area (TPSA) is 55.1 Å². The Balaban J connectivity index is 1.43. The normalized spacial score (nSPS) is 11.8. The summed E-state index contributed by atoms with van der Waals surface area (Å²) in [6, 6.07) is 23.3. The SMILES string of the molecule is O=C(CCc1ccc(-c2ccccc2F)o1)NC(c1ccccc1)c1ccncc1. The van der Waals surface area contributed by atoms with Crippen molar-refractivity contribution >= 4 is 5.91 Å². The van der Waals surface area contributed by atoms with E-state index in [0.29, 0.717) is 23.5 Å². The van der Waals surface area contributed by atoms with E-state index in [-0.39, 0.29) is 24.2 Å². The molecule has 0 aliphatic heterocycles. The molecule has 0 saturated carbocycles. The highest BCUT2D eigenvalue weighted by molar-refractivity contribution is 5.77. The molecule has 1 atom stereocenters. The molecule has 4 rings (SSSR count). The molecule has 2 heterocycles. The fourth-order valence-corrected chi connectivity index (χ4v) is 3.35. The fraction of sp³-hybridized carbons (Fsp3) is 0.120. The summed E-state index contributed by atoms with van der Waals surface area (Å²) in [7, 11) is 0. The second-order valence-electron chi connectivity index (χ2n) is 6.94. The lowest BCUT2D eigenvalue weighted by Crippen LogP contribution is -2.29. The molecule has 30 heavy (non-hydrogen) atoms. The predicted molar refractivity (Wildman–Crippen MR) is 113 cm³/mol. The number of carbonyl (C=O) groups is 1. The van der Waals surface area contributed by atoms with Gasteiger partial charge in [-0.15, -0.1) is 0 Å². The van der Waals surface area contributed by atoms with Crippen LogP contribution < -0.4 is 5.32 Å². The summed E-state index contributed by atoms with van der Waals surface area (Å²) in [4.78, 5) is 16.7. The van der Waals surface area contributed by atoms with Gasteiger partial charge in [0, 0.05) is 25.2 Å². The molecule has 1 N–H and O–H groups in total. The van der Waals surface area contributed by atoms with Gasteiger partial charge < -0.3 is 9.73 Å². The van der Waals surface area contributed by atoms with Crippen molar-refractivity contribution in [3.63, 3.8) is 0 Å². The van der Waals surface area contributed by atoms with Crippen LogP contribution in [0.25, 0.3) is 11.3 Å². The van der Waals surface area contributed by atoms with E-state index in [1.807, 2.05) is 42.5 Å². The first-order valence-corrected chi connectivity index (χ1v) is 9.78. The van der Waals surface area contributed by atoms with Crippen molar-refractivity contribution in [3.05, 3.63) is 114 Å². The number of carbonyl (C=O) groups excluding carboxylic acids is 1. The molecule has 0 fully saturated rings. The minimum atomic E-state index is -0.334. The van der Waals surface area contributed by atoms with Crippen LogP contribution in [0.15, 0.2) is 95.7 Å². The zero-order valence-corrected chi connectivity index (χ0v) is 16.3. The predicted octanol–water partition coefficient (Wildman–Crippen LogP) is 5.32. The van der Waals surface area contributed by atoms with Crippen molar-refractivity contribution in [1.82, 2.24) is 10.3 Å². The maximum Gasteiger partial charge on any atom is 0.221 e. The van der Waals surface area contributed by atoms with Crippen LogP contribution in [0, 0.1) is 5.82 Å². The first-order valence-electron chi connectivity index (χ1n) is 9.78. The minimum absolute atomic E-state index is 0.0930. The van der Waals surface area contributed by atoms with Gasteiger partial charge in [0.15, 0.2) is 0 Å². The number of nitrogens with one attached hydrogen (secondary N) is 1. The number of hydrogen-bond acceptors (Lipinski definition) is 3. The average Bonchev–Trinajstić information content (AvgIpc) is 3.26. The average molecular weight is 400 g/mol. The van der Waals surface area contributed by atoms with Crippen molar-refractivity contribution in [3.8, 4) is 11.3 Å². The van der Waals surface area contributed by atoms with E-state index in [0.717, 1.165) is 11.1 Å². The van der Waals surface area contributed by atoms with Crippen LogP contribution in [-0.4, -0.2) is 10.9 Å². The van der Waals surface area contributed by atoms with Crippen molar-refractivity contribution < 1.29 is 13.6 Å². The Kier molecular flexibility index (Phi) is 5.99. The first kappa shape index (κ1) is 19.6. The number of benzene rings is 2. The highest BCUT2D eigenvalue weighted by Gasteiger charge is 2.17. The lowest BCUT2D eigenvalue weighted by molar-refractivity contribution is -0.121. The molecule has 0 aliphatic carbocycles. The zero-order valence-electron chi connectivity index (χ0n) is 16.3. The monoisotopic (exact) mass is 400 g/mol. The van der Waals surface area contributed by atoms with Gasteiger partial charge in [-0.3, -0.25) is 9.78 Å². The van der Waals surface area contributed by atoms with E-state index >= 15 is 0 Å². The molecule has 0 aliphatic rings. The first-order chi connectivity index (χ1) is 14.7. The van der Waals surface area contributed by atoms with Crippen molar-refractivity contribution in [2.75, 3.05) is 0 Å². The summed E-state index contributed by atoms with van der Waals surface area (Å²) in [5.41, 5.74) is 2.37. The third-order valence-corrected chi connectivity index (χ3v) is 4.88. The van der Waals surface area contributed by atoms with E-state index in [2.05, 4.69) is 10.3 Å². The quantitative estimate of drug-likeness (QED) is 0.457. The third kappa shape index (κ3) is 4.63. The molecule has 2 aromatic heterocycles. The Hall–Kier alpha value is -3.73. The largest absolute Gasteiger partial charge is 0.461 e. The number of pyridine rings is 1. The highest BCUT2D eigenvalue weighted by Crippen LogP contribution is 2.26. The molecular weight excluding hydrogens is 379 g/mol. The smallest absolute Gasteiger partial charge is 0.221 e. The summed E-state index contributed by atoms with van der Waals surface area (Å²) in [6.07, 6.45) is 4.12. The molecule has 2 aromatic carbocycles. The van der Waals surface area contributed by atoms with Gasteiger partial charge in [0.05, 0.1) is 11.6 Å². The van der Waals surface area contributed by atoms with Gasteiger partial charge in [-0.1, -0.05) is 42.5 Å². The van der Waals surface area contributed by atoms with E-state index in [1.165, 1.54) is 6.07 Å². The minimum Gasteiger partial charge on any atom is -0.461 e. The van der Waals surface area contributed by atoms with E-state index in [4.69, 9.17) is 4.42 Å². The summed E-state index contributed by atoms with van der Waals surface area (Å²) in [5, 5.41) is 3.10. The molecule has 0 bridgehead atoms. The maximum atomic E-state index is 13.9. The van der Waals surface area contributed by atoms with Crippen LogP contribution in [0.2, 0.25) is 0 Å². The second-order valence-corrected chi connectivity index (χ2v) is 6.94. The summed E-state index contributed by atoms with van der Waals surface area (Å²) in [6.45, 7) is 0. The van der Waals surface area contributed by atoms with E-state index < -0.39 is 0 Å². The number of amides is 1. The molecule has 5 heteroatoms. The Bertz CT molecular complexity index is 1070. The van der Waals surface area contributed by atoms with Crippen LogP contribution in [0.3, 0.4) is 0 Å².